The number of hydrogen-bond donors (Lipinski definition) is 1. The van der Waals surface area contributed by atoms with E-state index in [-0.39, 0.29) is 23.4 Å². The predicted octanol–water partition coefficient (Wildman–Crippen LogP) is 2.51. The molecule has 3 rings (SSSR count). The number of benzene rings is 1. The molecule has 8 heteroatoms. The molecule has 0 unspecified atom stereocenters. The molecule has 1 amide bonds. The minimum absolute atomic E-state index is 0.0312. The van der Waals surface area contributed by atoms with Gasteiger partial charge in [0.15, 0.2) is 9.84 Å². The van der Waals surface area contributed by atoms with E-state index in [1.807, 2.05) is 6.07 Å². The lowest BCUT2D eigenvalue weighted by molar-refractivity contribution is -0.117. The summed E-state index contributed by atoms with van der Waals surface area (Å²) < 4.78 is 50.4. The maximum absolute atomic E-state index is 13.8. The Kier molecular flexibility index (Phi) is 4.08. The van der Waals surface area contributed by atoms with Crippen LogP contribution < -0.4 is 5.32 Å². The van der Waals surface area contributed by atoms with E-state index < -0.39 is 26.4 Å². The third-order valence-electron chi connectivity index (χ3n) is 3.88. The van der Waals surface area contributed by atoms with E-state index in [9.17, 15) is 22.0 Å². The highest BCUT2D eigenvalue weighted by Crippen LogP contribution is 2.47. The topological polar surface area (TPSA) is 76.1 Å². The summed E-state index contributed by atoms with van der Waals surface area (Å²) in [5.41, 5.74) is 0.821. The summed E-state index contributed by atoms with van der Waals surface area (Å²) in [5, 5.41) is 2.43. The van der Waals surface area contributed by atoms with Crippen LogP contribution >= 0.6 is 0 Å². The van der Waals surface area contributed by atoms with Gasteiger partial charge in [0.05, 0.1) is 0 Å². The van der Waals surface area contributed by atoms with Crippen molar-refractivity contribution in [3.63, 3.8) is 0 Å². The Bertz CT molecular complexity index is 878. The van der Waals surface area contributed by atoms with Crippen molar-refractivity contribution in [3.05, 3.63) is 53.9 Å². The molecule has 0 bridgehead atoms. The number of pyridine rings is 1. The van der Waals surface area contributed by atoms with Crippen molar-refractivity contribution in [2.24, 2.45) is 5.92 Å². The summed E-state index contributed by atoms with van der Waals surface area (Å²) in [6.07, 6.45) is 4.66. The predicted molar refractivity (Wildman–Crippen MR) is 83.2 cm³/mol. The number of anilines is 1. The van der Waals surface area contributed by atoms with E-state index in [2.05, 4.69) is 10.3 Å². The van der Waals surface area contributed by atoms with Crippen LogP contribution in [0.5, 0.6) is 0 Å². The Morgan fingerprint density at radius 3 is 2.50 bits per heavy atom. The number of nitrogens with one attached hydrogen (secondary N) is 1. The molecule has 5 nitrogen and oxygen atoms in total. The molecule has 0 aliphatic heterocycles. The van der Waals surface area contributed by atoms with Gasteiger partial charge < -0.3 is 5.32 Å². The lowest BCUT2D eigenvalue weighted by atomic mass is 10.1. The fourth-order valence-corrected chi connectivity index (χ4v) is 3.50. The number of carbonyl (C=O) groups is 1. The lowest BCUT2D eigenvalue weighted by Gasteiger charge is -2.08. The first-order chi connectivity index (χ1) is 11.3. The molecule has 1 aliphatic rings. The monoisotopic (exact) mass is 352 g/mol. The van der Waals surface area contributed by atoms with Crippen LogP contribution in [-0.4, -0.2) is 25.6 Å². The fraction of sp³-hybridized carbons (Fsp3) is 0.250. The minimum atomic E-state index is -4.03. The molecule has 1 aliphatic carbocycles. The fourth-order valence-electron chi connectivity index (χ4n) is 2.67. The summed E-state index contributed by atoms with van der Waals surface area (Å²) in [4.78, 5) is 15.2. The Balaban J connectivity index is 1.75. The molecular formula is C16H14F2N2O3S. The summed E-state index contributed by atoms with van der Waals surface area (Å²) in [5.74, 6) is -3.09. The van der Waals surface area contributed by atoms with Crippen LogP contribution in [0.2, 0.25) is 0 Å². The number of rotatable bonds is 4. The van der Waals surface area contributed by atoms with Crippen LogP contribution in [0.3, 0.4) is 0 Å². The Hall–Kier alpha value is -2.35. The Morgan fingerprint density at radius 2 is 1.96 bits per heavy atom. The van der Waals surface area contributed by atoms with Gasteiger partial charge in [-0.25, -0.2) is 17.2 Å². The Labute approximate surface area is 137 Å². The highest BCUT2D eigenvalue weighted by atomic mass is 32.2. The van der Waals surface area contributed by atoms with Gasteiger partial charge >= 0.3 is 0 Å². The van der Waals surface area contributed by atoms with E-state index in [0.29, 0.717) is 6.42 Å². The van der Waals surface area contributed by atoms with Gasteiger partial charge in [-0.2, -0.15) is 0 Å². The first-order valence-electron chi connectivity index (χ1n) is 7.17. The van der Waals surface area contributed by atoms with Crippen LogP contribution in [0.25, 0.3) is 0 Å². The zero-order valence-corrected chi connectivity index (χ0v) is 13.5. The molecule has 1 saturated carbocycles. The van der Waals surface area contributed by atoms with Crippen molar-refractivity contribution in [3.8, 4) is 0 Å². The van der Waals surface area contributed by atoms with Crippen molar-refractivity contribution in [2.75, 3.05) is 11.6 Å². The molecule has 0 spiro atoms. The zero-order valence-electron chi connectivity index (χ0n) is 12.7. The maximum Gasteiger partial charge on any atom is 0.228 e. The maximum atomic E-state index is 13.8. The van der Waals surface area contributed by atoms with E-state index in [0.717, 1.165) is 24.0 Å². The van der Waals surface area contributed by atoms with E-state index in [4.69, 9.17) is 0 Å². The number of halogens is 2. The van der Waals surface area contributed by atoms with Crippen LogP contribution in [0, 0.1) is 17.6 Å². The molecule has 0 radical (unpaired) electrons. The lowest BCUT2D eigenvalue weighted by Crippen LogP contribution is -2.15. The quantitative estimate of drug-likeness (QED) is 0.917. The molecule has 0 saturated heterocycles. The summed E-state index contributed by atoms with van der Waals surface area (Å²) in [6.45, 7) is 0. The number of nitrogens with zero attached hydrogens (tertiary/aromatic N) is 1. The molecule has 24 heavy (non-hydrogen) atoms. The normalized spacial score (nSPS) is 19.8. The largest absolute Gasteiger partial charge is 0.326 e. The van der Waals surface area contributed by atoms with Crippen molar-refractivity contribution >= 4 is 21.4 Å². The summed E-state index contributed by atoms with van der Waals surface area (Å²) in [6, 6.07) is 5.25. The SMILES string of the molecule is CS(=O)(=O)c1c(F)cc(NC(=O)[C@@H]2C[C@H]2c2cccnc2)cc1F. The summed E-state index contributed by atoms with van der Waals surface area (Å²) in [7, 11) is -4.03. The average molecular weight is 352 g/mol. The first kappa shape index (κ1) is 16.5. The highest BCUT2D eigenvalue weighted by molar-refractivity contribution is 7.90. The number of aromatic nitrogens is 1. The smallest absolute Gasteiger partial charge is 0.228 e. The molecule has 1 aromatic carbocycles. The van der Waals surface area contributed by atoms with E-state index >= 15 is 0 Å². The van der Waals surface area contributed by atoms with Crippen LogP contribution in [-0.2, 0) is 14.6 Å². The zero-order chi connectivity index (χ0) is 17.5. The van der Waals surface area contributed by atoms with Gasteiger partial charge in [-0.1, -0.05) is 6.07 Å². The van der Waals surface area contributed by atoms with Crippen molar-refractivity contribution < 1.29 is 22.0 Å². The average Bonchev–Trinajstić information content (AvgIpc) is 3.26. The molecule has 2 atom stereocenters. The molecule has 126 valence electrons. The van der Waals surface area contributed by atoms with Gasteiger partial charge in [0.25, 0.3) is 0 Å². The van der Waals surface area contributed by atoms with Crippen molar-refractivity contribution in [2.45, 2.75) is 17.2 Å². The second-order valence-electron chi connectivity index (χ2n) is 5.77. The van der Waals surface area contributed by atoms with E-state index in [1.165, 1.54) is 0 Å². The molecule has 1 heterocycles. The van der Waals surface area contributed by atoms with Crippen molar-refractivity contribution in [1.29, 1.82) is 0 Å². The number of amides is 1. The number of carbonyl (C=O) groups excluding carboxylic acids is 1. The molecule has 2 aromatic rings. The van der Waals surface area contributed by atoms with Gasteiger partial charge in [-0.05, 0) is 36.1 Å². The van der Waals surface area contributed by atoms with Gasteiger partial charge in [-0.15, -0.1) is 0 Å². The molecule has 1 fully saturated rings. The van der Waals surface area contributed by atoms with Gasteiger partial charge in [0.2, 0.25) is 5.91 Å². The highest BCUT2D eigenvalue weighted by Gasteiger charge is 2.44. The van der Waals surface area contributed by atoms with Crippen LogP contribution in [0.1, 0.15) is 17.9 Å². The van der Waals surface area contributed by atoms with Crippen LogP contribution in [0.4, 0.5) is 14.5 Å². The van der Waals surface area contributed by atoms with Gasteiger partial charge in [0, 0.05) is 30.3 Å². The van der Waals surface area contributed by atoms with E-state index in [1.54, 1.807) is 18.5 Å². The number of sulfone groups is 1. The first-order valence-corrected chi connectivity index (χ1v) is 9.06. The van der Waals surface area contributed by atoms with Gasteiger partial charge in [0.1, 0.15) is 16.5 Å². The van der Waals surface area contributed by atoms with Crippen LogP contribution in [0.15, 0.2) is 41.6 Å². The second-order valence-corrected chi connectivity index (χ2v) is 7.72. The standard InChI is InChI=1S/C16H14F2N2O3S/c1-24(22,23)15-13(17)5-10(6-14(15)18)20-16(21)12-7-11(12)9-3-2-4-19-8-9/h2-6,8,11-12H,7H2,1H3,(H,20,21)/t11-,12+/m0/s1. The summed E-state index contributed by atoms with van der Waals surface area (Å²) >= 11 is 0. The number of hydrogen-bond acceptors (Lipinski definition) is 4. The second kappa shape index (κ2) is 5.94. The molecule has 1 aromatic heterocycles. The third kappa shape index (κ3) is 3.28. The molecule has 1 N–H and O–H groups in total. The van der Waals surface area contributed by atoms with Gasteiger partial charge in [-0.3, -0.25) is 9.78 Å². The van der Waals surface area contributed by atoms with Crippen molar-refractivity contribution in [1.82, 2.24) is 4.98 Å². The third-order valence-corrected chi connectivity index (χ3v) is 5.01. The molecular weight excluding hydrogens is 338 g/mol. The minimum Gasteiger partial charge on any atom is -0.326 e. The Morgan fingerprint density at radius 1 is 1.29 bits per heavy atom.